The summed E-state index contributed by atoms with van der Waals surface area (Å²) in [6, 6.07) is 1.99. The first-order valence-electron chi connectivity index (χ1n) is 6.79. The monoisotopic (exact) mass is 279 g/mol. The van der Waals surface area contributed by atoms with E-state index in [9.17, 15) is 4.79 Å². The van der Waals surface area contributed by atoms with E-state index < -0.39 is 11.7 Å². The van der Waals surface area contributed by atoms with Gasteiger partial charge in [-0.15, -0.1) is 0 Å². The van der Waals surface area contributed by atoms with Crippen LogP contribution in [-0.4, -0.2) is 16.7 Å². The number of nitrogens with zero attached hydrogens (tertiary/aromatic N) is 1. The summed E-state index contributed by atoms with van der Waals surface area (Å²) in [5, 5.41) is 0. The number of hydrogen-bond donors (Lipinski definition) is 2. The number of ether oxygens (including phenoxy) is 1. The highest BCUT2D eigenvalue weighted by atomic mass is 16.6. The quantitative estimate of drug-likeness (QED) is 0.835. The third kappa shape index (κ3) is 4.81. The van der Waals surface area contributed by atoms with E-state index in [1.165, 1.54) is 0 Å². The molecule has 1 aromatic heterocycles. The summed E-state index contributed by atoms with van der Waals surface area (Å²) in [5.74, 6) is 0. The molecule has 0 saturated carbocycles. The van der Waals surface area contributed by atoms with Gasteiger partial charge in [0.1, 0.15) is 5.60 Å². The van der Waals surface area contributed by atoms with Crippen molar-refractivity contribution in [1.82, 2.24) is 15.8 Å². The molecule has 0 radical (unpaired) electrons. The second-order valence-corrected chi connectivity index (χ2v) is 6.07. The summed E-state index contributed by atoms with van der Waals surface area (Å²) >= 11 is 0. The van der Waals surface area contributed by atoms with Gasteiger partial charge in [0.2, 0.25) is 0 Å². The lowest BCUT2D eigenvalue weighted by Crippen LogP contribution is -2.42. The van der Waals surface area contributed by atoms with Gasteiger partial charge in [-0.3, -0.25) is 10.4 Å². The van der Waals surface area contributed by atoms with Crippen LogP contribution in [0.5, 0.6) is 0 Å². The minimum Gasteiger partial charge on any atom is -0.443 e. The molecule has 0 aliphatic rings. The summed E-state index contributed by atoms with van der Waals surface area (Å²) < 4.78 is 5.18. The van der Waals surface area contributed by atoms with E-state index in [2.05, 4.69) is 15.8 Å². The molecule has 2 N–H and O–H groups in total. The van der Waals surface area contributed by atoms with Crippen LogP contribution < -0.4 is 10.9 Å². The van der Waals surface area contributed by atoms with Gasteiger partial charge in [0.25, 0.3) is 0 Å². The molecule has 0 bridgehead atoms. The number of rotatable bonds is 3. The summed E-state index contributed by atoms with van der Waals surface area (Å²) in [6.45, 7) is 13.4. The minimum absolute atomic E-state index is 0.0457. The first-order valence-corrected chi connectivity index (χ1v) is 6.79. The largest absolute Gasteiger partial charge is 0.443 e. The lowest BCUT2D eigenvalue weighted by molar-refractivity contribution is 0.0489. The first-order chi connectivity index (χ1) is 9.10. The summed E-state index contributed by atoms with van der Waals surface area (Å²) in [7, 11) is 0. The van der Waals surface area contributed by atoms with Gasteiger partial charge >= 0.3 is 6.09 Å². The molecule has 0 aliphatic heterocycles. The van der Waals surface area contributed by atoms with Crippen LogP contribution in [0.3, 0.4) is 0 Å². The third-order valence-electron chi connectivity index (χ3n) is 2.81. The zero-order valence-electron chi connectivity index (χ0n) is 13.4. The van der Waals surface area contributed by atoms with Crippen LogP contribution in [0, 0.1) is 20.8 Å². The molecule has 0 aromatic carbocycles. The SMILES string of the molecule is Cc1cc(C)c(C(C)NNC(=O)OC(C)(C)C)c(C)n1. The van der Waals surface area contributed by atoms with E-state index in [0.717, 1.165) is 22.5 Å². The van der Waals surface area contributed by atoms with Crippen molar-refractivity contribution >= 4 is 6.09 Å². The Morgan fingerprint density at radius 2 is 1.90 bits per heavy atom. The molecule has 112 valence electrons. The highest BCUT2D eigenvalue weighted by molar-refractivity contribution is 5.67. The minimum atomic E-state index is -0.508. The van der Waals surface area contributed by atoms with Crippen molar-refractivity contribution in [2.24, 2.45) is 0 Å². The number of hydrazine groups is 1. The van der Waals surface area contributed by atoms with Gasteiger partial charge in [0.15, 0.2) is 0 Å². The zero-order valence-corrected chi connectivity index (χ0v) is 13.4. The van der Waals surface area contributed by atoms with Gasteiger partial charge in [-0.25, -0.2) is 10.2 Å². The molecule has 1 heterocycles. The number of carbonyl (C=O) groups excluding carboxylic acids is 1. The summed E-state index contributed by atoms with van der Waals surface area (Å²) in [6.07, 6.45) is -0.486. The lowest BCUT2D eigenvalue weighted by atomic mass is 10.0. The Morgan fingerprint density at radius 1 is 1.30 bits per heavy atom. The van der Waals surface area contributed by atoms with E-state index in [0.29, 0.717) is 0 Å². The van der Waals surface area contributed by atoms with E-state index in [1.54, 1.807) is 0 Å². The van der Waals surface area contributed by atoms with Gasteiger partial charge in [0, 0.05) is 11.4 Å². The second-order valence-electron chi connectivity index (χ2n) is 6.07. The molecule has 1 unspecified atom stereocenters. The average Bonchev–Trinajstić information content (AvgIpc) is 2.22. The Kier molecular flexibility index (Phi) is 5.11. The van der Waals surface area contributed by atoms with E-state index in [-0.39, 0.29) is 6.04 Å². The van der Waals surface area contributed by atoms with E-state index >= 15 is 0 Å². The average molecular weight is 279 g/mol. The van der Waals surface area contributed by atoms with Crippen molar-refractivity contribution < 1.29 is 9.53 Å². The van der Waals surface area contributed by atoms with Crippen molar-refractivity contribution in [2.75, 3.05) is 0 Å². The first kappa shape index (κ1) is 16.4. The molecule has 0 fully saturated rings. The fraction of sp³-hybridized carbons (Fsp3) is 0.600. The van der Waals surface area contributed by atoms with Crippen molar-refractivity contribution in [3.63, 3.8) is 0 Å². The van der Waals surface area contributed by atoms with Crippen LogP contribution >= 0.6 is 0 Å². The van der Waals surface area contributed by atoms with Crippen molar-refractivity contribution in [3.8, 4) is 0 Å². The van der Waals surface area contributed by atoms with Crippen LogP contribution in [0.2, 0.25) is 0 Å². The smallest absolute Gasteiger partial charge is 0.422 e. The van der Waals surface area contributed by atoms with Crippen molar-refractivity contribution in [3.05, 3.63) is 28.6 Å². The molecule has 20 heavy (non-hydrogen) atoms. The van der Waals surface area contributed by atoms with Crippen LogP contribution in [0.1, 0.15) is 56.3 Å². The number of amides is 1. The van der Waals surface area contributed by atoms with E-state index in [1.807, 2.05) is 54.5 Å². The zero-order chi connectivity index (χ0) is 15.5. The lowest BCUT2D eigenvalue weighted by Gasteiger charge is -2.23. The molecular formula is C15H25N3O2. The Balaban J connectivity index is 2.69. The molecule has 0 saturated heterocycles. The molecule has 5 heteroatoms. The maximum absolute atomic E-state index is 11.6. The number of aromatic nitrogens is 1. The molecule has 1 aromatic rings. The van der Waals surface area contributed by atoms with Gasteiger partial charge in [0.05, 0.1) is 6.04 Å². The molecule has 5 nitrogen and oxygen atoms in total. The topological polar surface area (TPSA) is 63.2 Å². The maximum Gasteiger partial charge on any atom is 0.422 e. The Bertz CT molecular complexity index is 469. The number of hydrogen-bond acceptors (Lipinski definition) is 4. The number of carbonyl (C=O) groups is 1. The number of pyridine rings is 1. The molecule has 1 amide bonds. The van der Waals surface area contributed by atoms with Crippen molar-refractivity contribution in [2.45, 2.75) is 60.1 Å². The van der Waals surface area contributed by atoms with Crippen LogP contribution in [0.4, 0.5) is 4.79 Å². The third-order valence-corrected chi connectivity index (χ3v) is 2.81. The Hall–Kier alpha value is -1.62. The number of nitrogens with one attached hydrogen (secondary N) is 2. The molecule has 0 spiro atoms. The Labute approximate surface area is 121 Å². The van der Waals surface area contributed by atoms with Crippen LogP contribution in [-0.2, 0) is 4.74 Å². The fourth-order valence-electron chi connectivity index (χ4n) is 2.23. The summed E-state index contributed by atoms with van der Waals surface area (Å²) in [5.41, 5.74) is 9.22. The summed E-state index contributed by atoms with van der Waals surface area (Å²) in [4.78, 5) is 16.1. The highest BCUT2D eigenvalue weighted by Crippen LogP contribution is 2.20. The predicted octanol–water partition coefficient (Wildman–Crippen LogP) is 3.10. The second kappa shape index (κ2) is 6.22. The molecule has 0 aliphatic carbocycles. The predicted molar refractivity (Wildman–Crippen MR) is 79.4 cm³/mol. The maximum atomic E-state index is 11.6. The van der Waals surface area contributed by atoms with Gasteiger partial charge < -0.3 is 4.74 Å². The Morgan fingerprint density at radius 3 is 2.40 bits per heavy atom. The molecule has 1 rings (SSSR count). The van der Waals surface area contributed by atoms with Gasteiger partial charge in [-0.2, -0.15) is 0 Å². The highest BCUT2D eigenvalue weighted by Gasteiger charge is 2.18. The normalized spacial score (nSPS) is 12.9. The standard InChI is InChI=1S/C15H25N3O2/c1-9-8-10(2)16-11(3)13(9)12(4)17-18-14(19)20-15(5,6)7/h8,12,17H,1-7H3,(H,18,19). The van der Waals surface area contributed by atoms with Crippen LogP contribution in [0.15, 0.2) is 6.07 Å². The fourth-order valence-corrected chi connectivity index (χ4v) is 2.23. The van der Waals surface area contributed by atoms with Gasteiger partial charge in [-0.05, 0) is 65.7 Å². The van der Waals surface area contributed by atoms with Crippen LogP contribution in [0.25, 0.3) is 0 Å². The van der Waals surface area contributed by atoms with Gasteiger partial charge in [-0.1, -0.05) is 0 Å². The number of aryl methyl sites for hydroxylation is 3. The van der Waals surface area contributed by atoms with E-state index in [4.69, 9.17) is 4.74 Å². The molecular weight excluding hydrogens is 254 g/mol. The molecule has 1 atom stereocenters. The van der Waals surface area contributed by atoms with Crippen molar-refractivity contribution in [1.29, 1.82) is 0 Å².